The highest BCUT2D eigenvalue weighted by atomic mass is 16.4. The van der Waals surface area contributed by atoms with Crippen LogP contribution < -0.4 is 5.32 Å². The first-order valence-electron chi connectivity index (χ1n) is 7.93. The molecule has 2 rings (SSSR count). The highest BCUT2D eigenvalue weighted by molar-refractivity contribution is 5.83. The molecule has 0 unspecified atom stereocenters. The van der Waals surface area contributed by atoms with Crippen molar-refractivity contribution in [2.75, 3.05) is 0 Å². The molecule has 0 saturated carbocycles. The maximum Gasteiger partial charge on any atom is 0.326 e. The van der Waals surface area contributed by atoms with E-state index in [0.717, 1.165) is 22.5 Å². The zero-order valence-electron chi connectivity index (χ0n) is 14.2. The number of aromatic nitrogens is 2. The number of benzene rings is 1. The predicted molar refractivity (Wildman–Crippen MR) is 90.7 cm³/mol. The quantitative estimate of drug-likeness (QED) is 0.811. The molecule has 0 saturated heterocycles. The summed E-state index contributed by atoms with van der Waals surface area (Å²) in [6.07, 6.45) is 1.06. The second-order valence-corrected chi connectivity index (χ2v) is 5.92. The van der Waals surface area contributed by atoms with Gasteiger partial charge in [-0.15, -0.1) is 0 Å². The van der Waals surface area contributed by atoms with Crippen LogP contribution in [0.5, 0.6) is 0 Å². The van der Waals surface area contributed by atoms with Crippen LogP contribution in [0.25, 0.3) is 0 Å². The van der Waals surface area contributed by atoms with Crippen LogP contribution in [0, 0.1) is 13.8 Å². The summed E-state index contributed by atoms with van der Waals surface area (Å²) < 4.78 is 1.79. The summed E-state index contributed by atoms with van der Waals surface area (Å²) in [5.41, 5.74) is 3.85. The molecule has 1 aromatic heterocycles. The fourth-order valence-electron chi connectivity index (χ4n) is 2.73. The summed E-state index contributed by atoms with van der Waals surface area (Å²) in [6.45, 7) is 3.87. The summed E-state index contributed by atoms with van der Waals surface area (Å²) in [6, 6.07) is 8.36. The zero-order chi connectivity index (χ0) is 17.7. The fraction of sp³-hybridized carbons (Fsp3) is 0.389. The van der Waals surface area contributed by atoms with Gasteiger partial charge in [0.1, 0.15) is 6.04 Å². The van der Waals surface area contributed by atoms with Crippen LogP contribution in [-0.2, 0) is 29.5 Å². The van der Waals surface area contributed by atoms with Crippen molar-refractivity contribution in [2.45, 2.75) is 39.2 Å². The first-order chi connectivity index (χ1) is 11.4. The van der Waals surface area contributed by atoms with Gasteiger partial charge in [-0.05, 0) is 31.4 Å². The Bertz CT molecular complexity index is 723. The fourth-order valence-corrected chi connectivity index (χ4v) is 2.73. The van der Waals surface area contributed by atoms with Crippen LogP contribution in [0.3, 0.4) is 0 Å². The number of carboxylic acids is 1. The summed E-state index contributed by atoms with van der Waals surface area (Å²) in [7, 11) is 1.87. The molecule has 2 N–H and O–H groups in total. The van der Waals surface area contributed by atoms with Gasteiger partial charge in [0, 0.05) is 25.6 Å². The second kappa shape index (κ2) is 7.77. The molecule has 1 aromatic carbocycles. The van der Waals surface area contributed by atoms with E-state index < -0.39 is 12.0 Å². The Hall–Kier alpha value is -2.63. The predicted octanol–water partition coefficient (Wildman–Crippen LogP) is 1.78. The van der Waals surface area contributed by atoms with Crippen LogP contribution in [0.4, 0.5) is 0 Å². The largest absolute Gasteiger partial charge is 0.480 e. The minimum atomic E-state index is -1.03. The van der Waals surface area contributed by atoms with Gasteiger partial charge in [-0.1, -0.05) is 30.3 Å². The standard InChI is InChI=1S/C18H23N3O3/c1-12-15(13(2)21(3)20-12)9-10-17(22)19-16(18(23)24)11-14-7-5-4-6-8-14/h4-8,16H,9-11H2,1-3H3,(H,19,22)(H,23,24)/t16-/m0/s1. The molecule has 1 amide bonds. The number of hydrogen-bond donors (Lipinski definition) is 2. The number of hydrogen-bond acceptors (Lipinski definition) is 3. The molecular formula is C18H23N3O3. The molecule has 0 fully saturated rings. The van der Waals surface area contributed by atoms with Crippen LogP contribution in [0.15, 0.2) is 30.3 Å². The third-order valence-electron chi connectivity index (χ3n) is 4.18. The van der Waals surface area contributed by atoms with Gasteiger partial charge < -0.3 is 10.4 Å². The van der Waals surface area contributed by atoms with Crippen LogP contribution in [0.1, 0.15) is 28.9 Å². The first-order valence-corrected chi connectivity index (χ1v) is 7.93. The van der Waals surface area contributed by atoms with Crippen molar-refractivity contribution in [1.82, 2.24) is 15.1 Å². The number of carbonyl (C=O) groups excluding carboxylic acids is 1. The third-order valence-corrected chi connectivity index (χ3v) is 4.18. The minimum Gasteiger partial charge on any atom is -0.480 e. The molecule has 0 aliphatic rings. The summed E-state index contributed by atoms with van der Waals surface area (Å²) >= 11 is 0. The molecule has 1 atom stereocenters. The summed E-state index contributed by atoms with van der Waals surface area (Å²) in [4.78, 5) is 23.5. The van der Waals surface area contributed by atoms with E-state index in [0.29, 0.717) is 6.42 Å². The van der Waals surface area contributed by atoms with Crippen LogP contribution in [0.2, 0.25) is 0 Å². The Morgan fingerprint density at radius 2 is 1.92 bits per heavy atom. The zero-order valence-corrected chi connectivity index (χ0v) is 14.2. The van der Waals surface area contributed by atoms with E-state index >= 15 is 0 Å². The number of amides is 1. The van der Waals surface area contributed by atoms with Crippen molar-refractivity contribution in [2.24, 2.45) is 7.05 Å². The topological polar surface area (TPSA) is 84.2 Å². The van der Waals surface area contributed by atoms with Gasteiger partial charge in [0.25, 0.3) is 0 Å². The van der Waals surface area contributed by atoms with Gasteiger partial charge in [0.2, 0.25) is 5.91 Å². The number of carbonyl (C=O) groups is 2. The normalized spacial score (nSPS) is 12.0. The monoisotopic (exact) mass is 329 g/mol. The highest BCUT2D eigenvalue weighted by Gasteiger charge is 2.20. The third kappa shape index (κ3) is 4.44. The van der Waals surface area contributed by atoms with Gasteiger partial charge >= 0.3 is 5.97 Å². The maximum absolute atomic E-state index is 12.1. The van der Waals surface area contributed by atoms with Gasteiger partial charge in [-0.3, -0.25) is 9.48 Å². The molecule has 0 bridgehead atoms. The van der Waals surface area contributed by atoms with Crippen LogP contribution in [-0.4, -0.2) is 32.8 Å². The Morgan fingerprint density at radius 3 is 2.46 bits per heavy atom. The molecule has 6 heteroatoms. The first kappa shape index (κ1) is 17.7. The summed E-state index contributed by atoms with van der Waals surface area (Å²) in [5.74, 6) is -1.29. The Kier molecular flexibility index (Phi) is 5.73. The Morgan fingerprint density at radius 1 is 1.25 bits per heavy atom. The molecule has 2 aromatic rings. The van der Waals surface area contributed by atoms with Crippen molar-refractivity contribution < 1.29 is 14.7 Å². The average Bonchev–Trinajstić information content (AvgIpc) is 2.78. The van der Waals surface area contributed by atoms with Gasteiger partial charge in [0.05, 0.1) is 5.69 Å². The highest BCUT2D eigenvalue weighted by Crippen LogP contribution is 2.14. The van der Waals surface area contributed by atoms with Crippen molar-refractivity contribution >= 4 is 11.9 Å². The molecule has 0 spiro atoms. The lowest BCUT2D eigenvalue weighted by atomic mass is 10.0. The maximum atomic E-state index is 12.1. The van der Waals surface area contributed by atoms with E-state index in [2.05, 4.69) is 10.4 Å². The van der Waals surface area contributed by atoms with Crippen molar-refractivity contribution in [3.8, 4) is 0 Å². The number of aliphatic carboxylic acids is 1. The average molecular weight is 329 g/mol. The van der Waals surface area contributed by atoms with Crippen molar-refractivity contribution in [1.29, 1.82) is 0 Å². The number of rotatable bonds is 7. The number of nitrogens with zero attached hydrogens (tertiary/aromatic N) is 2. The lowest BCUT2D eigenvalue weighted by Crippen LogP contribution is -2.42. The molecular weight excluding hydrogens is 306 g/mol. The number of carboxylic acid groups (broad SMARTS) is 1. The van der Waals surface area contributed by atoms with Crippen molar-refractivity contribution in [3.05, 3.63) is 52.8 Å². The Balaban J connectivity index is 1.94. The smallest absolute Gasteiger partial charge is 0.326 e. The van der Waals surface area contributed by atoms with Crippen molar-refractivity contribution in [3.63, 3.8) is 0 Å². The second-order valence-electron chi connectivity index (χ2n) is 5.92. The number of aryl methyl sites for hydroxylation is 2. The van der Waals surface area contributed by atoms with E-state index in [4.69, 9.17) is 0 Å². The van der Waals surface area contributed by atoms with E-state index in [1.165, 1.54) is 0 Å². The molecule has 0 aliphatic carbocycles. The van der Waals surface area contributed by atoms with Gasteiger partial charge in [-0.25, -0.2) is 4.79 Å². The summed E-state index contributed by atoms with van der Waals surface area (Å²) in [5, 5.41) is 16.3. The molecule has 24 heavy (non-hydrogen) atoms. The SMILES string of the molecule is Cc1nn(C)c(C)c1CCC(=O)N[C@@H](Cc1ccccc1)C(=O)O. The van der Waals surface area contributed by atoms with Crippen LogP contribution >= 0.6 is 0 Å². The van der Waals surface area contributed by atoms with E-state index in [1.807, 2.05) is 51.2 Å². The number of nitrogens with one attached hydrogen (secondary N) is 1. The molecule has 0 aliphatic heterocycles. The lowest BCUT2D eigenvalue weighted by molar-refractivity contribution is -0.141. The van der Waals surface area contributed by atoms with E-state index in [9.17, 15) is 14.7 Å². The lowest BCUT2D eigenvalue weighted by Gasteiger charge is -2.14. The van der Waals surface area contributed by atoms with E-state index in [-0.39, 0.29) is 18.7 Å². The minimum absolute atomic E-state index is 0.242. The molecule has 6 nitrogen and oxygen atoms in total. The Labute approximate surface area is 141 Å². The van der Waals surface area contributed by atoms with E-state index in [1.54, 1.807) is 4.68 Å². The molecule has 1 heterocycles. The molecule has 128 valence electrons. The van der Waals surface area contributed by atoms with Gasteiger partial charge in [-0.2, -0.15) is 5.10 Å². The van der Waals surface area contributed by atoms with Gasteiger partial charge in [0.15, 0.2) is 0 Å². The molecule has 0 radical (unpaired) electrons.